The van der Waals surface area contributed by atoms with Crippen LogP contribution < -0.4 is 0 Å². The molecule has 5 rings (SSSR count). The molecule has 1 aromatic heterocycles. The summed E-state index contributed by atoms with van der Waals surface area (Å²) in [7, 11) is 0. The minimum Gasteiger partial charge on any atom is -0.377 e. The number of fused-ring (bicyclic) bond motifs is 6. The number of allylic oxidation sites excluding steroid dienone is 1. The topological polar surface area (TPSA) is 46.3 Å². The lowest BCUT2D eigenvalue weighted by Gasteiger charge is -2.58. The minimum absolute atomic E-state index is 0.114. The van der Waals surface area contributed by atoms with Crippen molar-refractivity contribution in [2.24, 2.45) is 28.6 Å². The molecule has 4 aliphatic rings. The number of terminal acetylenes is 1. The summed E-state index contributed by atoms with van der Waals surface area (Å²) in [4.78, 5) is 0. The summed E-state index contributed by atoms with van der Waals surface area (Å²) < 4.78 is 5.43. The molecule has 1 heterocycles. The fraction of sp³-hybridized carbons (Fsp3) is 0.682. The van der Waals surface area contributed by atoms with Crippen molar-refractivity contribution in [3.8, 4) is 12.3 Å². The first-order valence-corrected chi connectivity index (χ1v) is 9.76. The average Bonchev–Trinajstić information content (AvgIpc) is 3.14. The van der Waals surface area contributed by atoms with Gasteiger partial charge in [-0.2, -0.15) is 0 Å². The normalized spacial score (nSPS) is 47.8. The molecule has 6 atom stereocenters. The molecular formula is C22H27NO2. The summed E-state index contributed by atoms with van der Waals surface area (Å²) >= 11 is 0. The molecule has 0 spiro atoms. The monoisotopic (exact) mass is 337 g/mol. The second-order valence-corrected chi connectivity index (χ2v) is 9.39. The van der Waals surface area contributed by atoms with Crippen LogP contribution in [-0.4, -0.2) is 15.9 Å². The van der Waals surface area contributed by atoms with Gasteiger partial charge in [0.05, 0.1) is 6.20 Å². The summed E-state index contributed by atoms with van der Waals surface area (Å²) in [6.07, 6.45) is 17.4. The van der Waals surface area contributed by atoms with E-state index >= 15 is 0 Å². The lowest BCUT2D eigenvalue weighted by Crippen LogP contribution is -2.54. The molecule has 3 nitrogen and oxygen atoms in total. The first-order valence-electron chi connectivity index (χ1n) is 9.76. The van der Waals surface area contributed by atoms with Crippen LogP contribution in [0.4, 0.5) is 0 Å². The zero-order valence-corrected chi connectivity index (χ0v) is 15.2. The van der Waals surface area contributed by atoms with Crippen molar-refractivity contribution in [1.29, 1.82) is 0 Å². The molecule has 0 aliphatic heterocycles. The van der Waals surface area contributed by atoms with E-state index in [-0.39, 0.29) is 10.8 Å². The van der Waals surface area contributed by atoms with Gasteiger partial charge in [0.2, 0.25) is 0 Å². The maximum absolute atomic E-state index is 11.1. The molecule has 0 aromatic carbocycles. The van der Waals surface area contributed by atoms with Crippen molar-refractivity contribution in [2.45, 2.75) is 64.4 Å². The third-order valence-corrected chi connectivity index (χ3v) is 8.67. The molecule has 1 N–H and O–H groups in total. The SMILES string of the molecule is C#C[C@]1(O)CC[C@H]2[C@@H]3CCC4=Cc5oncc5C[C@@]4(C)[C@H]3CC[C@]21C. The molecule has 0 radical (unpaired) electrons. The van der Waals surface area contributed by atoms with Gasteiger partial charge in [-0.05, 0) is 74.2 Å². The van der Waals surface area contributed by atoms with E-state index in [9.17, 15) is 5.11 Å². The van der Waals surface area contributed by atoms with Gasteiger partial charge in [-0.1, -0.05) is 30.5 Å². The molecule has 0 unspecified atom stereocenters. The van der Waals surface area contributed by atoms with E-state index < -0.39 is 5.60 Å². The minimum atomic E-state index is -0.909. The maximum Gasteiger partial charge on any atom is 0.162 e. The van der Waals surface area contributed by atoms with Crippen LogP contribution in [0.2, 0.25) is 0 Å². The lowest BCUT2D eigenvalue weighted by molar-refractivity contribution is -0.0975. The van der Waals surface area contributed by atoms with Crippen LogP contribution in [0.1, 0.15) is 63.7 Å². The summed E-state index contributed by atoms with van der Waals surface area (Å²) in [6, 6.07) is 0. The predicted molar refractivity (Wildman–Crippen MR) is 96.4 cm³/mol. The Morgan fingerprint density at radius 1 is 1.24 bits per heavy atom. The Labute approximate surface area is 149 Å². The van der Waals surface area contributed by atoms with E-state index in [0.29, 0.717) is 17.8 Å². The first kappa shape index (κ1) is 15.7. The second kappa shape index (κ2) is 4.80. The molecule has 0 bridgehead atoms. The molecule has 0 saturated heterocycles. The van der Waals surface area contributed by atoms with Crippen molar-refractivity contribution in [3.05, 3.63) is 23.1 Å². The van der Waals surface area contributed by atoms with Crippen LogP contribution >= 0.6 is 0 Å². The third kappa shape index (κ3) is 1.79. The van der Waals surface area contributed by atoms with E-state index in [1.807, 2.05) is 6.20 Å². The number of hydrogen-bond donors (Lipinski definition) is 1. The van der Waals surface area contributed by atoms with E-state index in [1.165, 1.54) is 12.0 Å². The molecule has 1 aromatic rings. The van der Waals surface area contributed by atoms with Crippen LogP contribution in [0, 0.1) is 40.9 Å². The van der Waals surface area contributed by atoms with Crippen molar-refractivity contribution in [1.82, 2.24) is 5.16 Å². The molecule has 132 valence electrons. The second-order valence-electron chi connectivity index (χ2n) is 9.39. The Hall–Kier alpha value is -1.53. The highest BCUT2D eigenvalue weighted by atomic mass is 16.5. The van der Waals surface area contributed by atoms with Crippen molar-refractivity contribution in [3.63, 3.8) is 0 Å². The van der Waals surface area contributed by atoms with Gasteiger partial charge in [0.1, 0.15) is 5.60 Å². The fourth-order valence-corrected chi connectivity index (χ4v) is 7.14. The Morgan fingerprint density at radius 3 is 2.84 bits per heavy atom. The zero-order chi connectivity index (χ0) is 17.4. The average molecular weight is 337 g/mol. The fourth-order valence-electron chi connectivity index (χ4n) is 7.14. The van der Waals surface area contributed by atoms with Gasteiger partial charge < -0.3 is 9.63 Å². The predicted octanol–water partition coefficient (Wildman–Crippen LogP) is 4.22. The van der Waals surface area contributed by atoms with Crippen molar-refractivity contribution >= 4 is 6.08 Å². The van der Waals surface area contributed by atoms with Crippen LogP contribution in [0.25, 0.3) is 6.08 Å². The summed E-state index contributed by atoms with van der Waals surface area (Å²) in [5.74, 6) is 5.64. The van der Waals surface area contributed by atoms with Gasteiger partial charge in [-0.15, -0.1) is 6.42 Å². The van der Waals surface area contributed by atoms with Crippen LogP contribution in [0.5, 0.6) is 0 Å². The summed E-state index contributed by atoms with van der Waals surface area (Å²) in [6.45, 7) is 4.71. The first-order chi connectivity index (χ1) is 11.9. The van der Waals surface area contributed by atoms with E-state index in [4.69, 9.17) is 10.9 Å². The quantitative estimate of drug-likeness (QED) is 0.721. The van der Waals surface area contributed by atoms with Gasteiger partial charge in [0, 0.05) is 11.0 Å². The summed E-state index contributed by atoms with van der Waals surface area (Å²) in [5.41, 5.74) is 1.99. The highest BCUT2D eigenvalue weighted by molar-refractivity contribution is 5.57. The summed E-state index contributed by atoms with van der Waals surface area (Å²) in [5, 5.41) is 15.1. The van der Waals surface area contributed by atoms with Crippen LogP contribution in [0.3, 0.4) is 0 Å². The molecule has 3 saturated carbocycles. The molecule has 3 fully saturated rings. The van der Waals surface area contributed by atoms with E-state index in [0.717, 1.165) is 44.3 Å². The Kier molecular flexibility index (Phi) is 3.01. The molecular weight excluding hydrogens is 310 g/mol. The molecule has 25 heavy (non-hydrogen) atoms. The molecule has 0 amide bonds. The van der Waals surface area contributed by atoms with Gasteiger partial charge in [0.25, 0.3) is 0 Å². The Balaban J connectivity index is 1.53. The highest BCUT2D eigenvalue weighted by Gasteiger charge is 2.63. The van der Waals surface area contributed by atoms with Gasteiger partial charge in [0.15, 0.2) is 5.76 Å². The van der Waals surface area contributed by atoms with Crippen LogP contribution in [-0.2, 0) is 6.42 Å². The number of nitrogens with zero attached hydrogens (tertiary/aromatic N) is 1. The number of aliphatic hydroxyl groups is 1. The van der Waals surface area contributed by atoms with Crippen LogP contribution in [0.15, 0.2) is 16.3 Å². The molecule has 4 aliphatic carbocycles. The Bertz CT molecular complexity index is 801. The third-order valence-electron chi connectivity index (χ3n) is 8.67. The maximum atomic E-state index is 11.1. The number of rotatable bonds is 0. The molecule has 3 heteroatoms. The van der Waals surface area contributed by atoms with Crippen molar-refractivity contribution < 1.29 is 9.63 Å². The van der Waals surface area contributed by atoms with Gasteiger partial charge >= 0.3 is 0 Å². The van der Waals surface area contributed by atoms with E-state index in [1.54, 1.807) is 5.57 Å². The Morgan fingerprint density at radius 2 is 2.04 bits per heavy atom. The lowest BCUT2D eigenvalue weighted by atomic mass is 9.46. The standard InChI is InChI=1S/C22H27NO2/c1-4-22(24)10-8-18-16-6-5-15-11-19-14(13-23-25-19)12-20(15,2)17(16)7-9-21(18,22)3/h1,11,13,16-18,24H,5-10,12H2,2-3H3/t16-,17+,18+,20-,21-,22+/m1/s1. The number of aromatic nitrogens is 1. The zero-order valence-electron chi connectivity index (χ0n) is 15.2. The largest absolute Gasteiger partial charge is 0.377 e. The van der Waals surface area contributed by atoms with Crippen molar-refractivity contribution in [2.75, 3.05) is 0 Å². The number of hydrogen-bond acceptors (Lipinski definition) is 3. The highest BCUT2D eigenvalue weighted by Crippen LogP contribution is 2.67. The smallest absolute Gasteiger partial charge is 0.162 e. The van der Waals surface area contributed by atoms with Gasteiger partial charge in [-0.25, -0.2) is 0 Å². The van der Waals surface area contributed by atoms with Gasteiger partial charge in [-0.3, -0.25) is 0 Å². The van der Waals surface area contributed by atoms with E-state index in [2.05, 4.69) is 31.0 Å².